The van der Waals surface area contributed by atoms with E-state index < -0.39 is 0 Å². The van der Waals surface area contributed by atoms with Crippen LogP contribution >= 0.6 is 21.6 Å². The summed E-state index contributed by atoms with van der Waals surface area (Å²) in [6.07, 6.45) is 13.3. The number of nitrogens with zero attached hydrogens (tertiary/aromatic N) is 2. The van der Waals surface area contributed by atoms with Crippen LogP contribution in [0.2, 0.25) is 0 Å². The van der Waals surface area contributed by atoms with Gasteiger partial charge in [0.2, 0.25) is 5.91 Å². The first kappa shape index (κ1) is 22.8. The third-order valence-corrected chi connectivity index (χ3v) is 9.71. The van der Waals surface area contributed by atoms with Gasteiger partial charge in [0, 0.05) is 50.3 Å². The zero-order chi connectivity index (χ0) is 19.6. The van der Waals surface area contributed by atoms with Crippen LogP contribution in [-0.2, 0) is 9.53 Å². The van der Waals surface area contributed by atoms with Crippen LogP contribution in [0.5, 0.6) is 0 Å². The molecule has 162 valence electrons. The summed E-state index contributed by atoms with van der Waals surface area (Å²) < 4.78 is 5.25. The van der Waals surface area contributed by atoms with E-state index in [4.69, 9.17) is 4.74 Å². The number of amides is 1. The van der Waals surface area contributed by atoms with Crippen LogP contribution in [0.1, 0.15) is 70.6 Å². The Kier molecular flexibility index (Phi) is 10.3. The van der Waals surface area contributed by atoms with Crippen molar-refractivity contribution in [3.63, 3.8) is 0 Å². The van der Waals surface area contributed by atoms with E-state index in [0.29, 0.717) is 11.8 Å². The number of carbonyl (C=O) groups is 1. The molecule has 3 atom stereocenters. The zero-order valence-corrected chi connectivity index (χ0v) is 19.4. The molecule has 0 aromatic carbocycles. The van der Waals surface area contributed by atoms with Crippen molar-refractivity contribution in [2.75, 3.05) is 45.6 Å². The molecule has 3 rings (SSSR count). The van der Waals surface area contributed by atoms with Crippen molar-refractivity contribution in [3.05, 3.63) is 0 Å². The highest BCUT2D eigenvalue weighted by atomic mass is 33.1. The van der Waals surface area contributed by atoms with Gasteiger partial charge in [-0.1, -0.05) is 34.4 Å². The maximum Gasteiger partial charge on any atom is 0.222 e. The van der Waals surface area contributed by atoms with E-state index >= 15 is 0 Å². The van der Waals surface area contributed by atoms with Crippen LogP contribution in [0.15, 0.2) is 0 Å². The number of hydrogen-bond donors (Lipinski definition) is 0. The number of hydrogen-bond acceptors (Lipinski definition) is 5. The molecule has 0 radical (unpaired) electrons. The molecule has 3 heterocycles. The quantitative estimate of drug-likeness (QED) is 0.348. The fourth-order valence-corrected chi connectivity index (χ4v) is 8.19. The molecule has 0 aromatic heterocycles. The van der Waals surface area contributed by atoms with Gasteiger partial charge in [0.1, 0.15) is 0 Å². The predicted molar refractivity (Wildman–Crippen MR) is 122 cm³/mol. The van der Waals surface area contributed by atoms with Crippen molar-refractivity contribution in [1.82, 2.24) is 9.80 Å². The number of methoxy groups -OCH3 is 1. The molecule has 0 N–H and O–H groups in total. The second kappa shape index (κ2) is 12.7. The molecule has 3 saturated heterocycles. The van der Waals surface area contributed by atoms with E-state index in [9.17, 15) is 4.79 Å². The lowest BCUT2D eigenvalue weighted by molar-refractivity contribution is -0.133. The van der Waals surface area contributed by atoms with E-state index in [1.54, 1.807) is 7.11 Å². The highest BCUT2D eigenvalue weighted by Crippen LogP contribution is 2.40. The van der Waals surface area contributed by atoms with Crippen molar-refractivity contribution < 1.29 is 9.53 Å². The Hall–Kier alpha value is 0.0900. The summed E-state index contributed by atoms with van der Waals surface area (Å²) in [5.41, 5.74) is 0. The van der Waals surface area contributed by atoms with E-state index in [1.165, 1.54) is 70.2 Å². The molecule has 1 amide bonds. The molecule has 0 spiro atoms. The van der Waals surface area contributed by atoms with Crippen LogP contribution in [0.25, 0.3) is 0 Å². The average Bonchev–Trinajstić information content (AvgIpc) is 3.24. The summed E-state index contributed by atoms with van der Waals surface area (Å²) >= 11 is 0. The molecule has 0 aromatic rings. The normalized spacial score (nSPS) is 28.2. The van der Waals surface area contributed by atoms with Gasteiger partial charge in [-0.05, 0) is 70.4 Å². The summed E-state index contributed by atoms with van der Waals surface area (Å²) in [5, 5.41) is 0.831. The fraction of sp³-hybridized carbons (Fsp3) is 0.955. The van der Waals surface area contributed by atoms with Crippen molar-refractivity contribution in [1.29, 1.82) is 0 Å². The van der Waals surface area contributed by atoms with Gasteiger partial charge in [-0.15, -0.1) is 0 Å². The summed E-state index contributed by atoms with van der Waals surface area (Å²) in [4.78, 5) is 17.9. The first-order valence-electron chi connectivity index (χ1n) is 11.6. The van der Waals surface area contributed by atoms with Crippen LogP contribution < -0.4 is 0 Å². The Morgan fingerprint density at radius 1 is 1.11 bits per heavy atom. The third kappa shape index (κ3) is 7.10. The number of rotatable bonds is 11. The lowest BCUT2D eigenvalue weighted by Gasteiger charge is -2.45. The molecule has 28 heavy (non-hydrogen) atoms. The second-order valence-corrected chi connectivity index (χ2v) is 11.5. The second-order valence-electron chi connectivity index (χ2n) is 8.76. The zero-order valence-electron chi connectivity index (χ0n) is 17.8. The first-order chi connectivity index (χ1) is 13.8. The van der Waals surface area contributed by atoms with Crippen molar-refractivity contribution in [2.45, 2.75) is 81.9 Å². The lowest BCUT2D eigenvalue weighted by atomic mass is 9.83. The summed E-state index contributed by atoms with van der Waals surface area (Å²) in [6.45, 7) is 5.14. The van der Waals surface area contributed by atoms with Crippen LogP contribution in [0, 0.1) is 5.92 Å². The molecule has 4 nitrogen and oxygen atoms in total. The van der Waals surface area contributed by atoms with Gasteiger partial charge in [0.05, 0.1) is 0 Å². The number of carbonyl (C=O) groups excluding carboxylic acids is 1. The fourth-order valence-electron chi connectivity index (χ4n) is 5.16. The van der Waals surface area contributed by atoms with Gasteiger partial charge in [0.25, 0.3) is 0 Å². The van der Waals surface area contributed by atoms with Crippen LogP contribution in [-0.4, -0.2) is 72.6 Å². The molecule has 0 saturated carbocycles. The molecule has 3 aliphatic rings. The molecule has 3 aliphatic heterocycles. The minimum atomic E-state index is 0.387. The third-order valence-electron chi connectivity index (χ3n) is 6.71. The summed E-state index contributed by atoms with van der Waals surface area (Å²) in [6, 6.07) is 0.720. The number of ether oxygens (including phenoxy) is 1. The average molecular weight is 429 g/mol. The number of unbranched alkanes of at least 4 members (excludes halogenated alkanes) is 1. The molecule has 3 unspecified atom stereocenters. The maximum absolute atomic E-state index is 13.0. The summed E-state index contributed by atoms with van der Waals surface area (Å²) in [7, 11) is 5.83. The number of piperidine rings is 2. The summed E-state index contributed by atoms with van der Waals surface area (Å²) in [5.74, 6) is 2.37. The standard InChI is InChI=1S/C22H40N2O2S2/c1-26-16-7-15-24(22(25)11-3-2-9-20-12-17-27-28-20)18-19-8-6-14-23-13-5-4-10-21(19)23/h19-21H,2-18H2,1H3. The minimum absolute atomic E-state index is 0.387. The first-order valence-corrected chi connectivity index (χ1v) is 13.9. The van der Waals surface area contributed by atoms with Crippen molar-refractivity contribution in [3.8, 4) is 0 Å². The smallest absolute Gasteiger partial charge is 0.222 e. The van der Waals surface area contributed by atoms with Crippen molar-refractivity contribution >= 4 is 27.5 Å². The molecule has 0 bridgehead atoms. The van der Waals surface area contributed by atoms with E-state index in [-0.39, 0.29) is 0 Å². The van der Waals surface area contributed by atoms with Crippen LogP contribution in [0.4, 0.5) is 0 Å². The highest BCUT2D eigenvalue weighted by Gasteiger charge is 2.34. The van der Waals surface area contributed by atoms with Crippen LogP contribution in [0.3, 0.4) is 0 Å². The van der Waals surface area contributed by atoms with Gasteiger partial charge in [-0.2, -0.15) is 0 Å². The SMILES string of the molecule is COCCCN(CC1CCCN2CCCCC12)C(=O)CCCCC1CCSS1. The van der Waals surface area contributed by atoms with Gasteiger partial charge in [0.15, 0.2) is 0 Å². The monoisotopic (exact) mass is 428 g/mol. The van der Waals surface area contributed by atoms with Gasteiger partial charge in [-0.25, -0.2) is 0 Å². The van der Waals surface area contributed by atoms with Gasteiger partial charge < -0.3 is 14.5 Å². The molecule has 0 aliphatic carbocycles. The Morgan fingerprint density at radius 2 is 2.00 bits per heavy atom. The molecule has 6 heteroatoms. The largest absolute Gasteiger partial charge is 0.385 e. The molecule has 3 fully saturated rings. The Labute approximate surface area is 180 Å². The maximum atomic E-state index is 13.0. The molecular weight excluding hydrogens is 388 g/mol. The van der Waals surface area contributed by atoms with Crippen molar-refractivity contribution in [2.24, 2.45) is 5.92 Å². The Balaban J connectivity index is 1.46. The van der Waals surface area contributed by atoms with Gasteiger partial charge >= 0.3 is 0 Å². The predicted octanol–water partition coefficient (Wildman–Crippen LogP) is 4.83. The number of fused-ring (bicyclic) bond motifs is 1. The minimum Gasteiger partial charge on any atom is -0.385 e. The Bertz CT molecular complexity index is 458. The lowest BCUT2D eigenvalue weighted by Crippen LogP contribution is -2.51. The van der Waals surface area contributed by atoms with Gasteiger partial charge in [-0.3, -0.25) is 4.79 Å². The van der Waals surface area contributed by atoms with E-state index in [1.807, 2.05) is 10.8 Å². The topological polar surface area (TPSA) is 32.8 Å². The molecular formula is C22H40N2O2S2. The van der Waals surface area contributed by atoms with E-state index in [2.05, 4.69) is 20.6 Å². The highest BCUT2D eigenvalue weighted by molar-refractivity contribution is 8.77. The van der Waals surface area contributed by atoms with E-state index in [0.717, 1.165) is 50.3 Å². The Morgan fingerprint density at radius 3 is 2.82 bits per heavy atom.